The first-order chi connectivity index (χ1) is 7.78. The van der Waals surface area contributed by atoms with Gasteiger partial charge in [0.25, 0.3) is 0 Å². The van der Waals surface area contributed by atoms with E-state index in [1.54, 1.807) is 0 Å². The van der Waals surface area contributed by atoms with Gasteiger partial charge in [-0.15, -0.1) is 0 Å². The molecule has 0 aliphatic heterocycles. The zero-order valence-electron chi connectivity index (χ0n) is 10.6. The van der Waals surface area contributed by atoms with Crippen molar-refractivity contribution in [1.29, 1.82) is 0 Å². The fourth-order valence-corrected chi connectivity index (χ4v) is 1.57. The highest BCUT2D eigenvalue weighted by molar-refractivity contribution is 9.09. The molecule has 1 atom stereocenters. The molecular weight excluding hydrogens is 282 g/mol. The Hall–Kier alpha value is -1.03. The minimum atomic E-state index is -0.482. The first kappa shape index (κ1) is 14.0. The van der Waals surface area contributed by atoms with Gasteiger partial charge in [0.05, 0.1) is 0 Å². The number of halogens is 1. The third-order valence-electron chi connectivity index (χ3n) is 1.99. The molecule has 1 aromatic carbocycles. The maximum absolute atomic E-state index is 11.6. The summed E-state index contributed by atoms with van der Waals surface area (Å²) in [6.07, 6.45) is -0.433. The lowest BCUT2D eigenvalue weighted by molar-refractivity contribution is 0.0636. The van der Waals surface area contributed by atoms with Crippen molar-refractivity contribution in [1.82, 2.24) is 0 Å². The number of ether oxygens (including phenoxy) is 1. The van der Waals surface area contributed by atoms with Gasteiger partial charge in [-0.05, 0) is 45.4 Å². The standard InChI is InChI=1S/C13H18BrNO2/c1-9(14)10-6-5-7-11(8-10)15-12(16)17-13(2,3)4/h5-9H,1-4H3,(H,15,16). The van der Waals surface area contributed by atoms with Gasteiger partial charge in [-0.25, -0.2) is 4.79 Å². The normalized spacial score (nSPS) is 13.0. The summed E-state index contributed by atoms with van der Waals surface area (Å²) in [6.45, 7) is 7.54. The first-order valence-electron chi connectivity index (χ1n) is 5.52. The number of hydrogen-bond acceptors (Lipinski definition) is 2. The summed E-state index contributed by atoms with van der Waals surface area (Å²) in [4.78, 5) is 11.8. The van der Waals surface area contributed by atoms with Crippen LogP contribution in [0.5, 0.6) is 0 Å². The highest BCUT2D eigenvalue weighted by Gasteiger charge is 2.16. The Morgan fingerprint density at radius 2 is 2.06 bits per heavy atom. The minimum Gasteiger partial charge on any atom is -0.444 e. The molecule has 0 aliphatic rings. The van der Waals surface area contributed by atoms with E-state index < -0.39 is 11.7 Å². The molecule has 0 bridgehead atoms. The molecule has 94 valence electrons. The van der Waals surface area contributed by atoms with Crippen molar-refractivity contribution in [2.75, 3.05) is 5.32 Å². The third-order valence-corrected chi connectivity index (χ3v) is 2.52. The Bertz CT molecular complexity index is 397. The molecule has 0 aliphatic carbocycles. The van der Waals surface area contributed by atoms with E-state index >= 15 is 0 Å². The molecule has 0 saturated carbocycles. The maximum atomic E-state index is 11.6. The SMILES string of the molecule is CC(Br)c1cccc(NC(=O)OC(C)(C)C)c1. The molecule has 1 amide bonds. The number of anilines is 1. The molecular formula is C13H18BrNO2. The lowest BCUT2D eigenvalue weighted by atomic mass is 10.1. The molecule has 0 saturated heterocycles. The number of benzene rings is 1. The van der Waals surface area contributed by atoms with Crippen LogP contribution in [0.1, 0.15) is 38.1 Å². The van der Waals surface area contributed by atoms with Crippen LogP contribution in [0.3, 0.4) is 0 Å². The van der Waals surface area contributed by atoms with E-state index in [-0.39, 0.29) is 4.83 Å². The smallest absolute Gasteiger partial charge is 0.412 e. The van der Waals surface area contributed by atoms with Crippen LogP contribution in [0.25, 0.3) is 0 Å². The fraction of sp³-hybridized carbons (Fsp3) is 0.462. The number of hydrogen-bond donors (Lipinski definition) is 1. The van der Waals surface area contributed by atoms with Gasteiger partial charge in [0.15, 0.2) is 0 Å². The number of carbonyl (C=O) groups excluding carboxylic acids is 1. The van der Waals surface area contributed by atoms with E-state index in [2.05, 4.69) is 21.2 Å². The van der Waals surface area contributed by atoms with Gasteiger partial charge in [0.2, 0.25) is 0 Å². The first-order valence-corrected chi connectivity index (χ1v) is 6.43. The molecule has 17 heavy (non-hydrogen) atoms. The number of amides is 1. The van der Waals surface area contributed by atoms with Crippen molar-refractivity contribution in [3.05, 3.63) is 29.8 Å². The highest BCUT2D eigenvalue weighted by atomic mass is 79.9. The second kappa shape index (κ2) is 5.54. The molecule has 3 nitrogen and oxygen atoms in total. The van der Waals surface area contributed by atoms with E-state index in [0.29, 0.717) is 0 Å². The molecule has 0 radical (unpaired) electrons. The Morgan fingerprint density at radius 1 is 1.41 bits per heavy atom. The van der Waals surface area contributed by atoms with Crippen molar-refractivity contribution < 1.29 is 9.53 Å². The topological polar surface area (TPSA) is 38.3 Å². The van der Waals surface area contributed by atoms with Crippen LogP contribution in [0, 0.1) is 0 Å². The largest absolute Gasteiger partial charge is 0.444 e. The van der Waals surface area contributed by atoms with Crippen LogP contribution in [0.4, 0.5) is 10.5 Å². The van der Waals surface area contributed by atoms with Gasteiger partial charge < -0.3 is 4.74 Å². The van der Waals surface area contributed by atoms with E-state index in [1.807, 2.05) is 52.0 Å². The van der Waals surface area contributed by atoms with Crippen molar-refractivity contribution in [3.8, 4) is 0 Å². The summed E-state index contributed by atoms with van der Waals surface area (Å²) in [5.74, 6) is 0. The van der Waals surface area contributed by atoms with Gasteiger partial charge in [0.1, 0.15) is 5.60 Å². The zero-order valence-corrected chi connectivity index (χ0v) is 12.2. The van der Waals surface area contributed by atoms with Crippen LogP contribution < -0.4 is 5.32 Å². The molecule has 0 spiro atoms. The number of rotatable bonds is 2. The predicted molar refractivity (Wildman–Crippen MR) is 73.6 cm³/mol. The average molecular weight is 300 g/mol. The van der Waals surface area contributed by atoms with E-state index in [4.69, 9.17) is 4.74 Å². The second-order valence-corrected chi connectivity index (χ2v) is 6.24. The quantitative estimate of drug-likeness (QED) is 0.817. The Balaban J connectivity index is 2.69. The van der Waals surface area contributed by atoms with E-state index in [1.165, 1.54) is 0 Å². The van der Waals surface area contributed by atoms with Gasteiger partial charge in [0, 0.05) is 10.5 Å². The molecule has 1 rings (SSSR count). The summed E-state index contributed by atoms with van der Waals surface area (Å²) < 4.78 is 5.18. The summed E-state index contributed by atoms with van der Waals surface area (Å²) >= 11 is 3.49. The fourth-order valence-electron chi connectivity index (χ4n) is 1.29. The zero-order chi connectivity index (χ0) is 13.1. The molecule has 0 aromatic heterocycles. The van der Waals surface area contributed by atoms with Gasteiger partial charge in [-0.2, -0.15) is 0 Å². The molecule has 1 unspecified atom stereocenters. The summed E-state index contributed by atoms with van der Waals surface area (Å²) in [5, 5.41) is 2.71. The second-order valence-electron chi connectivity index (χ2n) is 4.87. The van der Waals surface area contributed by atoms with Gasteiger partial charge >= 0.3 is 6.09 Å². The number of alkyl halides is 1. The maximum Gasteiger partial charge on any atom is 0.412 e. The lowest BCUT2D eigenvalue weighted by Gasteiger charge is -2.19. The Kier molecular flexibility index (Phi) is 4.57. The Labute approximate surface area is 111 Å². The predicted octanol–water partition coefficient (Wildman–Crippen LogP) is 4.49. The molecule has 1 N–H and O–H groups in total. The summed E-state index contributed by atoms with van der Waals surface area (Å²) in [6, 6.07) is 7.66. The van der Waals surface area contributed by atoms with Crippen molar-refractivity contribution in [2.24, 2.45) is 0 Å². The summed E-state index contributed by atoms with van der Waals surface area (Å²) in [7, 11) is 0. The van der Waals surface area contributed by atoms with Gasteiger partial charge in [-0.1, -0.05) is 28.1 Å². The van der Waals surface area contributed by atoms with Crippen LogP contribution in [0.2, 0.25) is 0 Å². The van der Waals surface area contributed by atoms with Crippen LogP contribution >= 0.6 is 15.9 Å². The number of nitrogens with one attached hydrogen (secondary N) is 1. The lowest BCUT2D eigenvalue weighted by Crippen LogP contribution is -2.27. The molecule has 1 aromatic rings. The number of carbonyl (C=O) groups is 1. The van der Waals surface area contributed by atoms with Crippen LogP contribution in [-0.2, 0) is 4.74 Å². The average Bonchev–Trinajstić information content (AvgIpc) is 2.14. The van der Waals surface area contributed by atoms with Crippen LogP contribution in [-0.4, -0.2) is 11.7 Å². The summed E-state index contributed by atoms with van der Waals surface area (Å²) in [5.41, 5.74) is 1.37. The molecule has 0 heterocycles. The molecule has 0 fully saturated rings. The van der Waals surface area contributed by atoms with Gasteiger partial charge in [-0.3, -0.25) is 5.32 Å². The van der Waals surface area contributed by atoms with Crippen molar-refractivity contribution in [2.45, 2.75) is 38.1 Å². The van der Waals surface area contributed by atoms with Crippen LogP contribution in [0.15, 0.2) is 24.3 Å². The van der Waals surface area contributed by atoms with E-state index in [0.717, 1.165) is 11.3 Å². The van der Waals surface area contributed by atoms with Crippen molar-refractivity contribution >= 4 is 27.7 Å². The highest BCUT2D eigenvalue weighted by Crippen LogP contribution is 2.24. The van der Waals surface area contributed by atoms with E-state index in [9.17, 15) is 4.79 Å². The Morgan fingerprint density at radius 3 is 2.59 bits per heavy atom. The third kappa shape index (κ3) is 5.22. The van der Waals surface area contributed by atoms with Crippen molar-refractivity contribution in [3.63, 3.8) is 0 Å². The molecule has 4 heteroatoms. The monoisotopic (exact) mass is 299 g/mol. The minimum absolute atomic E-state index is 0.253.